The Balaban J connectivity index is 1.92. The summed E-state index contributed by atoms with van der Waals surface area (Å²) >= 11 is 0. The van der Waals surface area contributed by atoms with E-state index in [1.807, 2.05) is 29.6 Å². The third-order valence-electron chi connectivity index (χ3n) is 3.25. The number of imide groups is 1. The summed E-state index contributed by atoms with van der Waals surface area (Å²) in [6.07, 6.45) is -0.789. The molecule has 7 nitrogen and oxygen atoms in total. The number of piperazine rings is 1. The Labute approximate surface area is 123 Å². The van der Waals surface area contributed by atoms with Gasteiger partial charge in [0, 0.05) is 31.9 Å². The highest BCUT2D eigenvalue weighted by molar-refractivity contribution is 5.95. The van der Waals surface area contributed by atoms with Gasteiger partial charge in [-0.25, -0.2) is 4.79 Å². The van der Waals surface area contributed by atoms with Gasteiger partial charge in [0.05, 0.1) is 0 Å². The fraction of sp³-hybridized carbons (Fsp3) is 0.429. The summed E-state index contributed by atoms with van der Waals surface area (Å²) in [6, 6.07) is 6.65. The van der Waals surface area contributed by atoms with E-state index in [1.165, 1.54) is 0 Å². The maximum absolute atomic E-state index is 11.5. The minimum atomic E-state index is -0.885. The summed E-state index contributed by atoms with van der Waals surface area (Å²) in [5, 5.41) is 5.29. The number of nitrogens with one attached hydrogen (secondary N) is 2. The first-order chi connectivity index (χ1) is 10.1. The largest absolute Gasteiger partial charge is 0.481 e. The first-order valence-corrected chi connectivity index (χ1v) is 6.89. The number of carbonyl (C=O) groups is 2. The molecule has 1 aromatic rings. The van der Waals surface area contributed by atoms with Gasteiger partial charge in [0.2, 0.25) is 0 Å². The van der Waals surface area contributed by atoms with E-state index in [0.717, 1.165) is 31.9 Å². The molecule has 0 aliphatic carbocycles. The number of anilines is 1. The van der Waals surface area contributed by atoms with E-state index in [2.05, 4.69) is 10.2 Å². The standard InChI is InChI=1S/C14H20N4O3/c1-10(13(19)17-14(15)20)21-12-4-2-11(3-5-12)18-8-6-16-7-9-18/h2-5,10,16H,6-9H2,1H3,(H3,15,17,19,20). The minimum absolute atomic E-state index is 0.561. The van der Waals surface area contributed by atoms with Gasteiger partial charge in [-0.15, -0.1) is 0 Å². The predicted octanol–water partition coefficient (Wildman–Crippen LogP) is 0.0584. The molecule has 1 fully saturated rings. The molecule has 0 bridgehead atoms. The van der Waals surface area contributed by atoms with Crippen LogP contribution in [0.25, 0.3) is 0 Å². The Morgan fingerprint density at radius 1 is 1.29 bits per heavy atom. The van der Waals surface area contributed by atoms with Crippen LogP contribution in [0.2, 0.25) is 0 Å². The van der Waals surface area contributed by atoms with Gasteiger partial charge in [-0.05, 0) is 31.2 Å². The van der Waals surface area contributed by atoms with E-state index in [9.17, 15) is 9.59 Å². The van der Waals surface area contributed by atoms with E-state index in [4.69, 9.17) is 10.5 Å². The lowest BCUT2D eigenvalue weighted by Gasteiger charge is -2.29. The maximum Gasteiger partial charge on any atom is 0.318 e. The maximum atomic E-state index is 11.5. The highest BCUT2D eigenvalue weighted by Crippen LogP contribution is 2.20. The quantitative estimate of drug-likeness (QED) is 0.729. The van der Waals surface area contributed by atoms with Crippen LogP contribution < -0.4 is 26.0 Å². The molecule has 114 valence electrons. The molecule has 0 aromatic heterocycles. The molecule has 1 aromatic carbocycles. The van der Waals surface area contributed by atoms with Crippen molar-refractivity contribution in [3.63, 3.8) is 0 Å². The number of urea groups is 1. The molecule has 1 aliphatic heterocycles. The average molecular weight is 292 g/mol. The monoisotopic (exact) mass is 292 g/mol. The highest BCUT2D eigenvalue weighted by Gasteiger charge is 2.16. The minimum Gasteiger partial charge on any atom is -0.481 e. The van der Waals surface area contributed by atoms with Crippen molar-refractivity contribution in [2.24, 2.45) is 5.73 Å². The smallest absolute Gasteiger partial charge is 0.318 e. The number of nitrogens with zero attached hydrogens (tertiary/aromatic N) is 1. The van der Waals surface area contributed by atoms with Crippen molar-refractivity contribution in [3.8, 4) is 5.75 Å². The first kappa shape index (κ1) is 15.1. The predicted molar refractivity (Wildman–Crippen MR) is 79.3 cm³/mol. The number of hydrogen-bond acceptors (Lipinski definition) is 5. The highest BCUT2D eigenvalue weighted by atomic mass is 16.5. The van der Waals surface area contributed by atoms with Crippen molar-refractivity contribution >= 4 is 17.6 Å². The number of ether oxygens (including phenoxy) is 1. The normalized spacial score (nSPS) is 16.1. The lowest BCUT2D eigenvalue weighted by molar-refractivity contribution is -0.126. The molecular weight excluding hydrogens is 272 g/mol. The Morgan fingerprint density at radius 2 is 1.90 bits per heavy atom. The number of benzene rings is 1. The number of primary amides is 1. The number of amides is 3. The van der Waals surface area contributed by atoms with Gasteiger partial charge >= 0.3 is 6.03 Å². The Bertz CT molecular complexity index is 497. The van der Waals surface area contributed by atoms with Crippen molar-refractivity contribution in [2.45, 2.75) is 13.0 Å². The van der Waals surface area contributed by atoms with Gasteiger partial charge in [0.15, 0.2) is 6.10 Å². The van der Waals surface area contributed by atoms with E-state index < -0.39 is 18.0 Å². The van der Waals surface area contributed by atoms with Gasteiger partial charge < -0.3 is 20.7 Å². The Morgan fingerprint density at radius 3 is 2.48 bits per heavy atom. The molecule has 1 aliphatic rings. The van der Waals surface area contributed by atoms with Gasteiger partial charge in [0.25, 0.3) is 5.91 Å². The zero-order chi connectivity index (χ0) is 15.2. The second-order valence-electron chi connectivity index (χ2n) is 4.84. The third-order valence-corrected chi connectivity index (χ3v) is 3.25. The van der Waals surface area contributed by atoms with Gasteiger partial charge in [-0.2, -0.15) is 0 Å². The first-order valence-electron chi connectivity index (χ1n) is 6.89. The fourth-order valence-electron chi connectivity index (χ4n) is 2.14. The summed E-state index contributed by atoms with van der Waals surface area (Å²) in [4.78, 5) is 24.4. The number of carbonyl (C=O) groups excluding carboxylic acids is 2. The van der Waals surface area contributed by atoms with Crippen LogP contribution >= 0.6 is 0 Å². The van der Waals surface area contributed by atoms with Crippen molar-refractivity contribution in [3.05, 3.63) is 24.3 Å². The van der Waals surface area contributed by atoms with Crippen molar-refractivity contribution in [2.75, 3.05) is 31.1 Å². The van der Waals surface area contributed by atoms with Gasteiger partial charge in [-0.3, -0.25) is 10.1 Å². The molecule has 1 unspecified atom stereocenters. The zero-order valence-corrected chi connectivity index (χ0v) is 12.0. The molecular formula is C14H20N4O3. The number of rotatable bonds is 4. The second-order valence-corrected chi connectivity index (χ2v) is 4.84. The average Bonchev–Trinajstić information content (AvgIpc) is 2.48. The van der Waals surface area contributed by atoms with Crippen LogP contribution in [0, 0.1) is 0 Å². The lowest BCUT2D eigenvalue weighted by atomic mass is 10.2. The van der Waals surface area contributed by atoms with Gasteiger partial charge in [0.1, 0.15) is 5.75 Å². The summed E-state index contributed by atoms with van der Waals surface area (Å²) in [6.45, 7) is 5.45. The number of hydrogen-bond donors (Lipinski definition) is 3. The molecule has 4 N–H and O–H groups in total. The molecule has 0 radical (unpaired) electrons. The van der Waals surface area contributed by atoms with Gasteiger partial charge in [-0.1, -0.05) is 0 Å². The summed E-state index contributed by atoms with van der Waals surface area (Å²) in [5.41, 5.74) is 6.01. The van der Waals surface area contributed by atoms with E-state index in [1.54, 1.807) is 6.92 Å². The van der Waals surface area contributed by atoms with Crippen LogP contribution in [0.3, 0.4) is 0 Å². The fourth-order valence-corrected chi connectivity index (χ4v) is 2.14. The molecule has 1 heterocycles. The molecule has 0 spiro atoms. The summed E-state index contributed by atoms with van der Waals surface area (Å²) in [7, 11) is 0. The molecule has 2 rings (SSSR count). The lowest BCUT2D eigenvalue weighted by Crippen LogP contribution is -2.43. The number of nitrogens with two attached hydrogens (primary N) is 1. The molecule has 1 saturated heterocycles. The van der Waals surface area contributed by atoms with Crippen LogP contribution in [-0.2, 0) is 4.79 Å². The van der Waals surface area contributed by atoms with E-state index in [0.29, 0.717) is 5.75 Å². The SMILES string of the molecule is CC(Oc1ccc(N2CCNCC2)cc1)C(=O)NC(N)=O. The molecule has 3 amide bonds. The van der Waals surface area contributed by atoms with Crippen LogP contribution in [0.1, 0.15) is 6.92 Å². The topological polar surface area (TPSA) is 96.7 Å². The molecule has 1 atom stereocenters. The Hall–Kier alpha value is -2.28. The second kappa shape index (κ2) is 6.94. The van der Waals surface area contributed by atoms with Crippen LogP contribution in [0.15, 0.2) is 24.3 Å². The van der Waals surface area contributed by atoms with E-state index >= 15 is 0 Å². The van der Waals surface area contributed by atoms with Crippen molar-refractivity contribution in [1.82, 2.24) is 10.6 Å². The van der Waals surface area contributed by atoms with Crippen LogP contribution in [-0.4, -0.2) is 44.2 Å². The molecule has 21 heavy (non-hydrogen) atoms. The zero-order valence-electron chi connectivity index (χ0n) is 12.0. The van der Waals surface area contributed by atoms with Crippen molar-refractivity contribution < 1.29 is 14.3 Å². The van der Waals surface area contributed by atoms with Crippen LogP contribution in [0.4, 0.5) is 10.5 Å². The van der Waals surface area contributed by atoms with Crippen LogP contribution in [0.5, 0.6) is 5.75 Å². The Kier molecular flexibility index (Phi) is 4.99. The van der Waals surface area contributed by atoms with E-state index in [-0.39, 0.29) is 0 Å². The molecule has 7 heteroatoms. The molecule has 0 saturated carbocycles. The summed E-state index contributed by atoms with van der Waals surface area (Å²) < 4.78 is 5.47. The van der Waals surface area contributed by atoms with Crippen molar-refractivity contribution in [1.29, 1.82) is 0 Å². The summed E-state index contributed by atoms with van der Waals surface area (Å²) in [5.74, 6) is 0.00897. The third kappa shape index (κ3) is 4.35.